The normalized spacial score (nSPS) is 10.2. The maximum Gasteiger partial charge on any atom is 0.123 e. The number of methoxy groups -OCH3 is 2. The predicted octanol–water partition coefficient (Wildman–Crippen LogP) is 2.10. The highest BCUT2D eigenvalue weighted by molar-refractivity contribution is 5.63. The van der Waals surface area contributed by atoms with E-state index in [1.54, 1.807) is 20.5 Å². The SMILES string of the molecule is COc1cc(OC)cc(-c2cn(C)cn2)c1. The molecule has 0 bridgehead atoms. The van der Waals surface area contributed by atoms with Crippen LogP contribution in [0.4, 0.5) is 0 Å². The molecule has 2 aromatic rings. The first kappa shape index (κ1) is 10.5. The first-order chi connectivity index (χ1) is 7.72. The summed E-state index contributed by atoms with van der Waals surface area (Å²) in [4.78, 5) is 4.29. The molecule has 0 saturated heterocycles. The fraction of sp³-hybridized carbons (Fsp3) is 0.250. The van der Waals surface area contributed by atoms with Crippen molar-refractivity contribution in [3.8, 4) is 22.8 Å². The van der Waals surface area contributed by atoms with Crippen LogP contribution in [0.15, 0.2) is 30.7 Å². The molecular formula is C12H14N2O2. The third kappa shape index (κ3) is 2.00. The fourth-order valence-electron chi connectivity index (χ4n) is 1.52. The first-order valence-electron chi connectivity index (χ1n) is 4.94. The number of nitrogens with zero attached hydrogens (tertiary/aromatic N) is 2. The molecule has 1 aromatic heterocycles. The summed E-state index contributed by atoms with van der Waals surface area (Å²) in [6, 6.07) is 5.71. The molecule has 0 atom stereocenters. The van der Waals surface area contributed by atoms with Crippen LogP contribution in [0.25, 0.3) is 11.3 Å². The Morgan fingerprint density at radius 1 is 1.06 bits per heavy atom. The summed E-state index contributed by atoms with van der Waals surface area (Å²) < 4.78 is 12.3. The smallest absolute Gasteiger partial charge is 0.123 e. The van der Waals surface area contributed by atoms with Crippen molar-refractivity contribution in [3.63, 3.8) is 0 Å². The van der Waals surface area contributed by atoms with Gasteiger partial charge in [-0.25, -0.2) is 4.98 Å². The quantitative estimate of drug-likeness (QED) is 0.791. The molecule has 0 aliphatic carbocycles. The van der Waals surface area contributed by atoms with E-state index in [2.05, 4.69) is 4.98 Å². The van der Waals surface area contributed by atoms with Gasteiger partial charge in [0, 0.05) is 24.9 Å². The van der Waals surface area contributed by atoms with Crippen LogP contribution in [0.5, 0.6) is 11.5 Å². The van der Waals surface area contributed by atoms with Crippen LogP contribution in [0.1, 0.15) is 0 Å². The van der Waals surface area contributed by atoms with Crippen molar-refractivity contribution in [2.45, 2.75) is 0 Å². The van der Waals surface area contributed by atoms with Crippen molar-refractivity contribution in [1.29, 1.82) is 0 Å². The van der Waals surface area contributed by atoms with Crippen LogP contribution < -0.4 is 9.47 Å². The lowest BCUT2D eigenvalue weighted by Crippen LogP contribution is -1.88. The minimum atomic E-state index is 0.764. The number of aryl methyl sites for hydroxylation is 1. The first-order valence-corrected chi connectivity index (χ1v) is 4.94. The molecule has 0 unspecified atom stereocenters. The average Bonchev–Trinajstić information content (AvgIpc) is 2.75. The lowest BCUT2D eigenvalue weighted by atomic mass is 10.1. The predicted molar refractivity (Wildman–Crippen MR) is 61.7 cm³/mol. The van der Waals surface area contributed by atoms with E-state index in [1.807, 2.05) is 36.0 Å². The molecule has 16 heavy (non-hydrogen) atoms. The molecule has 0 saturated carbocycles. The summed E-state index contributed by atoms with van der Waals surface area (Å²) in [5.41, 5.74) is 1.89. The molecule has 1 heterocycles. The number of hydrogen-bond donors (Lipinski definition) is 0. The van der Waals surface area contributed by atoms with Gasteiger partial charge in [0.1, 0.15) is 11.5 Å². The molecule has 4 nitrogen and oxygen atoms in total. The van der Waals surface area contributed by atoms with Crippen LogP contribution in [0.2, 0.25) is 0 Å². The number of aromatic nitrogens is 2. The van der Waals surface area contributed by atoms with Crippen molar-refractivity contribution >= 4 is 0 Å². The van der Waals surface area contributed by atoms with E-state index >= 15 is 0 Å². The van der Waals surface area contributed by atoms with Crippen molar-refractivity contribution in [2.24, 2.45) is 7.05 Å². The van der Waals surface area contributed by atoms with Crippen molar-refractivity contribution < 1.29 is 9.47 Å². The summed E-state index contributed by atoms with van der Waals surface area (Å²) in [6.07, 6.45) is 3.72. The van der Waals surface area contributed by atoms with Gasteiger partial charge in [0.15, 0.2) is 0 Å². The summed E-state index contributed by atoms with van der Waals surface area (Å²) in [7, 11) is 5.21. The molecule has 0 radical (unpaired) electrons. The Labute approximate surface area is 94.4 Å². The zero-order valence-electron chi connectivity index (χ0n) is 9.60. The topological polar surface area (TPSA) is 36.3 Å². The van der Waals surface area contributed by atoms with Gasteiger partial charge in [-0.15, -0.1) is 0 Å². The Hall–Kier alpha value is -1.97. The second kappa shape index (κ2) is 4.26. The minimum Gasteiger partial charge on any atom is -0.497 e. The molecule has 0 aliphatic heterocycles. The summed E-state index contributed by atoms with van der Waals surface area (Å²) in [6.45, 7) is 0. The van der Waals surface area contributed by atoms with Gasteiger partial charge in [0.2, 0.25) is 0 Å². The van der Waals surface area contributed by atoms with Gasteiger partial charge in [-0.1, -0.05) is 0 Å². The van der Waals surface area contributed by atoms with E-state index in [0.717, 1.165) is 22.8 Å². The minimum absolute atomic E-state index is 0.764. The van der Waals surface area contributed by atoms with Crippen LogP contribution in [-0.4, -0.2) is 23.8 Å². The highest BCUT2D eigenvalue weighted by Gasteiger charge is 2.06. The Morgan fingerprint density at radius 3 is 2.12 bits per heavy atom. The van der Waals surface area contributed by atoms with Gasteiger partial charge in [-0.2, -0.15) is 0 Å². The number of imidazole rings is 1. The lowest BCUT2D eigenvalue weighted by Gasteiger charge is -2.06. The van der Waals surface area contributed by atoms with Crippen LogP contribution >= 0.6 is 0 Å². The van der Waals surface area contributed by atoms with E-state index < -0.39 is 0 Å². The molecule has 4 heteroatoms. The lowest BCUT2D eigenvalue weighted by molar-refractivity contribution is 0.394. The van der Waals surface area contributed by atoms with Gasteiger partial charge >= 0.3 is 0 Å². The molecule has 0 N–H and O–H groups in total. The third-order valence-corrected chi connectivity index (χ3v) is 2.35. The molecule has 1 aromatic carbocycles. The average molecular weight is 218 g/mol. The van der Waals surface area contributed by atoms with Gasteiger partial charge in [0.25, 0.3) is 0 Å². The van der Waals surface area contributed by atoms with Crippen LogP contribution in [0, 0.1) is 0 Å². The summed E-state index contributed by atoms with van der Waals surface area (Å²) >= 11 is 0. The van der Waals surface area contributed by atoms with E-state index in [1.165, 1.54) is 0 Å². The number of ether oxygens (including phenoxy) is 2. The van der Waals surface area contributed by atoms with E-state index in [-0.39, 0.29) is 0 Å². The molecule has 0 aliphatic rings. The number of hydrogen-bond acceptors (Lipinski definition) is 3. The molecule has 0 amide bonds. The maximum atomic E-state index is 5.21. The van der Waals surface area contributed by atoms with Gasteiger partial charge < -0.3 is 14.0 Å². The van der Waals surface area contributed by atoms with Crippen LogP contribution in [0.3, 0.4) is 0 Å². The van der Waals surface area contributed by atoms with Crippen LogP contribution in [-0.2, 0) is 7.05 Å². The number of rotatable bonds is 3. The van der Waals surface area contributed by atoms with E-state index in [4.69, 9.17) is 9.47 Å². The number of benzene rings is 1. The van der Waals surface area contributed by atoms with E-state index in [0.29, 0.717) is 0 Å². The second-order valence-electron chi connectivity index (χ2n) is 3.53. The van der Waals surface area contributed by atoms with Gasteiger partial charge in [-0.05, 0) is 12.1 Å². The van der Waals surface area contributed by atoms with E-state index in [9.17, 15) is 0 Å². The molecule has 84 valence electrons. The summed E-state index contributed by atoms with van der Waals surface area (Å²) in [5.74, 6) is 1.53. The monoisotopic (exact) mass is 218 g/mol. The Kier molecular flexibility index (Phi) is 2.81. The molecule has 2 rings (SSSR count). The largest absolute Gasteiger partial charge is 0.497 e. The van der Waals surface area contributed by atoms with Crippen molar-refractivity contribution in [2.75, 3.05) is 14.2 Å². The highest BCUT2D eigenvalue weighted by Crippen LogP contribution is 2.28. The fourth-order valence-corrected chi connectivity index (χ4v) is 1.52. The summed E-state index contributed by atoms with van der Waals surface area (Å²) in [5, 5.41) is 0. The standard InChI is InChI=1S/C12H14N2O2/c1-14-7-12(13-8-14)9-4-10(15-2)6-11(5-9)16-3/h4-8H,1-3H3. The van der Waals surface area contributed by atoms with Crippen molar-refractivity contribution in [1.82, 2.24) is 9.55 Å². The van der Waals surface area contributed by atoms with Gasteiger partial charge in [-0.3, -0.25) is 0 Å². The van der Waals surface area contributed by atoms with Gasteiger partial charge in [0.05, 0.1) is 26.2 Å². The molecule has 0 fully saturated rings. The molecular weight excluding hydrogens is 204 g/mol. The third-order valence-electron chi connectivity index (χ3n) is 2.35. The zero-order chi connectivity index (χ0) is 11.5. The maximum absolute atomic E-state index is 5.21. The Bertz CT molecular complexity index is 469. The Balaban J connectivity index is 2.47. The molecule has 0 spiro atoms. The zero-order valence-corrected chi connectivity index (χ0v) is 9.60. The Morgan fingerprint density at radius 2 is 1.69 bits per heavy atom. The highest BCUT2D eigenvalue weighted by atomic mass is 16.5. The van der Waals surface area contributed by atoms with Crippen molar-refractivity contribution in [3.05, 3.63) is 30.7 Å². The second-order valence-corrected chi connectivity index (χ2v) is 3.53.